The van der Waals surface area contributed by atoms with Crippen molar-refractivity contribution in [3.05, 3.63) is 77.1 Å². The molecule has 5 nitrogen and oxygen atoms in total. The van der Waals surface area contributed by atoms with Gasteiger partial charge in [0.1, 0.15) is 18.2 Å². The minimum atomic E-state index is -0.567. The molecule has 1 heterocycles. The molecule has 152 valence electrons. The van der Waals surface area contributed by atoms with Gasteiger partial charge in [-0.3, -0.25) is 4.79 Å². The molecule has 3 aromatic carbocycles. The molecule has 0 radical (unpaired) electrons. The molecule has 0 aliphatic carbocycles. The lowest BCUT2D eigenvalue weighted by Crippen LogP contribution is -2.22. The smallest absolute Gasteiger partial charge is 0.338 e. The van der Waals surface area contributed by atoms with E-state index in [1.54, 1.807) is 56.6 Å². The topological polar surface area (TPSA) is 55.8 Å². The second-order valence-corrected chi connectivity index (χ2v) is 7.23. The number of benzene rings is 3. The zero-order chi connectivity index (χ0) is 21.4. The monoisotopic (exact) mass is 405 g/mol. The molecular weight excluding hydrogens is 385 g/mol. The van der Waals surface area contributed by atoms with Crippen molar-refractivity contribution in [2.45, 2.75) is 6.61 Å². The zero-order valence-corrected chi connectivity index (χ0v) is 16.9. The van der Waals surface area contributed by atoms with Crippen molar-refractivity contribution in [3.63, 3.8) is 0 Å². The van der Waals surface area contributed by atoms with Crippen molar-refractivity contribution < 1.29 is 23.5 Å². The van der Waals surface area contributed by atoms with Crippen LogP contribution in [0, 0.1) is 5.82 Å². The number of carbonyl (C=O) groups excluding carboxylic acids is 2. The fourth-order valence-electron chi connectivity index (χ4n) is 3.61. The Balaban J connectivity index is 1.89. The Kier molecular flexibility index (Phi) is 4.99. The first-order valence-corrected chi connectivity index (χ1v) is 9.39. The van der Waals surface area contributed by atoms with Crippen LogP contribution >= 0.6 is 0 Å². The quantitative estimate of drug-likeness (QED) is 0.601. The third-order valence-corrected chi connectivity index (χ3v) is 5.12. The molecule has 1 amide bonds. The number of rotatable bonds is 3. The second-order valence-electron chi connectivity index (χ2n) is 7.23. The van der Waals surface area contributed by atoms with Crippen LogP contribution in [0.25, 0.3) is 22.3 Å². The summed E-state index contributed by atoms with van der Waals surface area (Å²) in [4.78, 5) is 26.3. The van der Waals surface area contributed by atoms with Crippen molar-refractivity contribution >= 4 is 11.9 Å². The van der Waals surface area contributed by atoms with Gasteiger partial charge in [-0.2, -0.15) is 0 Å². The molecule has 0 saturated carbocycles. The summed E-state index contributed by atoms with van der Waals surface area (Å²) in [7, 11) is 4.68. The van der Waals surface area contributed by atoms with Gasteiger partial charge < -0.3 is 14.4 Å². The fourth-order valence-corrected chi connectivity index (χ4v) is 3.61. The molecule has 0 spiro atoms. The molecule has 0 unspecified atom stereocenters. The highest BCUT2D eigenvalue weighted by Crippen LogP contribution is 2.42. The lowest BCUT2D eigenvalue weighted by Gasteiger charge is -2.24. The Hall–Kier alpha value is -3.67. The highest BCUT2D eigenvalue weighted by Gasteiger charge is 2.25. The zero-order valence-electron chi connectivity index (χ0n) is 16.9. The van der Waals surface area contributed by atoms with E-state index >= 15 is 0 Å². The molecule has 6 heteroatoms. The Morgan fingerprint density at radius 2 is 1.73 bits per heavy atom. The first-order valence-electron chi connectivity index (χ1n) is 9.39. The molecule has 0 bridgehead atoms. The van der Waals surface area contributed by atoms with Gasteiger partial charge in [0.05, 0.1) is 12.7 Å². The molecule has 1 aliphatic heterocycles. The highest BCUT2D eigenvalue weighted by molar-refractivity contribution is 6.01. The summed E-state index contributed by atoms with van der Waals surface area (Å²) in [6, 6.07) is 15.0. The van der Waals surface area contributed by atoms with Gasteiger partial charge in [-0.05, 0) is 41.5 Å². The van der Waals surface area contributed by atoms with Crippen LogP contribution in [0.15, 0.2) is 54.6 Å². The minimum Gasteiger partial charge on any atom is -0.488 e. The van der Waals surface area contributed by atoms with Crippen molar-refractivity contribution in [1.29, 1.82) is 0 Å². The molecule has 0 atom stereocenters. The van der Waals surface area contributed by atoms with E-state index in [1.807, 2.05) is 6.07 Å². The largest absolute Gasteiger partial charge is 0.488 e. The summed E-state index contributed by atoms with van der Waals surface area (Å²) in [5, 5.41) is 0. The molecule has 0 aromatic heterocycles. The molecule has 0 N–H and O–H groups in total. The van der Waals surface area contributed by atoms with Gasteiger partial charge in [-0.15, -0.1) is 0 Å². The third kappa shape index (κ3) is 3.30. The summed E-state index contributed by atoms with van der Waals surface area (Å²) in [5.41, 5.74) is 3.89. The molecule has 0 fully saturated rings. The van der Waals surface area contributed by atoms with E-state index in [2.05, 4.69) is 0 Å². The normalized spacial score (nSPS) is 11.7. The third-order valence-electron chi connectivity index (χ3n) is 5.12. The number of methoxy groups -OCH3 is 1. The first-order chi connectivity index (χ1) is 14.4. The van der Waals surface area contributed by atoms with Crippen molar-refractivity contribution in [1.82, 2.24) is 4.90 Å². The first kappa shape index (κ1) is 19.6. The predicted octanol–water partition coefficient (Wildman–Crippen LogP) is 4.54. The maximum atomic E-state index is 14.5. The lowest BCUT2D eigenvalue weighted by molar-refractivity contribution is 0.0601. The van der Waals surface area contributed by atoms with E-state index in [0.29, 0.717) is 28.0 Å². The van der Waals surface area contributed by atoms with Crippen LogP contribution in [0.4, 0.5) is 4.39 Å². The second kappa shape index (κ2) is 7.63. The number of amides is 1. The van der Waals surface area contributed by atoms with E-state index in [0.717, 1.165) is 11.1 Å². The fraction of sp³-hybridized carbons (Fsp3) is 0.167. The van der Waals surface area contributed by atoms with Crippen LogP contribution in [-0.4, -0.2) is 38.0 Å². The summed E-state index contributed by atoms with van der Waals surface area (Å²) >= 11 is 0. The Bertz CT molecular complexity index is 1170. The van der Waals surface area contributed by atoms with Crippen LogP contribution in [0.2, 0.25) is 0 Å². The molecule has 0 saturated heterocycles. The molecule has 30 heavy (non-hydrogen) atoms. The number of esters is 1. The van der Waals surface area contributed by atoms with Gasteiger partial charge in [0, 0.05) is 36.3 Å². The van der Waals surface area contributed by atoms with Crippen LogP contribution < -0.4 is 4.74 Å². The molecule has 1 aliphatic rings. The lowest BCUT2D eigenvalue weighted by atomic mass is 9.90. The minimum absolute atomic E-state index is 0.103. The highest BCUT2D eigenvalue weighted by atomic mass is 19.1. The molecular formula is C24H20FNO4. The molecule has 4 rings (SSSR count). The van der Waals surface area contributed by atoms with Crippen LogP contribution in [-0.2, 0) is 11.3 Å². The number of ether oxygens (including phenoxy) is 2. The van der Waals surface area contributed by atoms with Crippen molar-refractivity contribution in [2.75, 3.05) is 21.2 Å². The van der Waals surface area contributed by atoms with E-state index in [-0.39, 0.29) is 18.1 Å². The van der Waals surface area contributed by atoms with Crippen molar-refractivity contribution in [3.8, 4) is 28.0 Å². The standard InChI is InChI=1S/C24H20FNO4/c1-26(2)23(27)14-8-9-16-15(10-14)13-30-22-12-18(17-6-4-5-7-21(17)25)20(11-19(16)22)24(28)29-3/h4-12H,13H2,1-3H3. The Morgan fingerprint density at radius 1 is 0.967 bits per heavy atom. The number of hydrogen-bond acceptors (Lipinski definition) is 4. The summed E-state index contributed by atoms with van der Waals surface area (Å²) in [5.74, 6) is -0.568. The summed E-state index contributed by atoms with van der Waals surface area (Å²) < 4.78 is 25.3. The van der Waals surface area contributed by atoms with Gasteiger partial charge in [-0.25, -0.2) is 9.18 Å². The van der Waals surface area contributed by atoms with Gasteiger partial charge in [0.25, 0.3) is 5.91 Å². The number of hydrogen-bond donors (Lipinski definition) is 0. The van der Waals surface area contributed by atoms with Gasteiger partial charge in [0.15, 0.2) is 0 Å². The maximum Gasteiger partial charge on any atom is 0.338 e. The number of nitrogens with zero attached hydrogens (tertiary/aromatic N) is 1. The van der Waals surface area contributed by atoms with Gasteiger partial charge in [0.2, 0.25) is 0 Å². The van der Waals surface area contributed by atoms with E-state index in [9.17, 15) is 14.0 Å². The Labute approximate surface area is 173 Å². The Morgan fingerprint density at radius 3 is 2.43 bits per heavy atom. The summed E-state index contributed by atoms with van der Waals surface area (Å²) in [6.07, 6.45) is 0. The van der Waals surface area contributed by atoms with E-state index in [4.69, 9.17) is 9.47 Å². The van der Waals surface area contributed by atoms with Crippen LogP contribution in [0.5, 0.6) is 5.75 Å². The number of halogens is 1. The van der Waals surface area contributed by atoms with Gasteiger partial charge >= 0.3 is 5.97 Å². The van der Waals surface area contributed by atoms with E-state index < -0.39 is 11.8 Å². The van der Waals surface area contributed by atoms with E-state index in [1.165, 1.54) is 18.1 Å². The molecule has 3 aromatic rings. The average molecular weight is 405 g/mol. The summed E-state index contributed by atoms with van der Waals surface area (Å²) in [6.45, 7) is 0.269. The number of carbonyl (C=O) groups is 2. The van der Waals surface area contributed by atoms with Gasteiger partial charge in [-0.1, -0.05) is 24.3 Å². The average Bonchev–Trinajstić information content (AvgIpc) is 2.76. The SMILES string of the molecule is COC(=O)c1cc2c(cc1-c1ccccc1F)OCc1cc(C(=O)N(C)C)ccc1-2. The predicted molar refractivity (Wildman–Crippen MR) is 111 cm³/mol. The number of fused-ring (bicyclic) bond motifs is 3. The maximum absolute atomic E-state index is 14.5. The van der Waals surface area contributed by atoms with Crippen molar-refractivity contribution in [2.24, 2.45) is 0 Å². The van der Waals surface area contributed by atoms with Crippen LogP contribution in [0.1, 0.15) is 26.3 Å². The van der Waals surface area contributed by atoms with Crippen LogP contribution in [0.3, 0.4) is 0 Å².